The van der Waals surface area contributed by atoms with E-state index in [1.54, 1.807) is 0 Å². The van der Waals surface area contributed by atoms with Crippen molar-refractivity contribution in [2.45, 2.75) is 20.8 Å². The fraction of sp³-hybridized carbons (Fsp3) is 0.0259. The lowest BCUT2D eigenvalue weighted by molar-refractivity contribution is 0.947. The van der Waals surface area contributed by atoms with Gasteiger partial charge in [-0.05, 0) is 182 Å². The van der Waals surface area contributed by atoms with Crippen molar-refractivity contribution in [1.82, 2.24) is 48.6 Å². The Morgan fingerprint density at radius 1 is 0.198 bits per heavy atom. The zero-order valence-corrected chi connectivity index (χ0v) is 69.2. The highest BCUT2D eigenvalue weighted by Crippen LogP contribution is 2.55. The number of hydrogen-bond donors (Lipinski definition) is 0. The predicted molar refractivity (Wildman–Crippen MR) is 518 cm³/mol. The molecule has 0 N–H and O–H groups in total. The number of aromatic nitrogens is 10. The van der Waals surface area contributed by atoms with Crippen molar-refractivity contribution in [3.8, 4) is 174 Å². The molecule has 0 amide bonds. The largest absolute Gasteiger partial charge is 0.313 e. The van der Waals surface area contributed by atoms with Crippen molar-refractivity contribution in [3.63, 3.8) is 0 Å². The molecule has 17 aromatic carbocycles. The molecule has 0 saturated carbocycles. The molecule has 0 saturated heterocycles. The molecule has 590 valence electrons. The summed E-state index contributed by atoms with van der Waals surface area (Å²) in [7, 11) is 0. The van der Waals surface area contributed by atoms with Gasteiger partial charge < -0.3 is 4.57 Å². The average molecular weight is 1610 g/mol. The van der Waals surface area contributed by atoms with Crippen LogP contribution in [0.3, 0.4) is 0 Å². The van der Waals surface area contributed by atoms with Crippen LogP contribution in [0.5, 0.6) is 0 Å². The lowest BCUT2D eigenvalue weighted by Gasteiger charge is -2.16. The average Bonchev–Trinajstić information content (AvgIpc) is 1.57. The first kappa shape index (κ1) is 73.3. The molecule has 0 radical (unpaired) electrons. The predicted octanol–water partition coefficient (Wildman–Crippen LogP) is 29.3. The fourth-order valence-electron chi connectivity index (χ4n) is 19.9. The van der Waals surface area contributed by atoms with Gasteiger partial charge in [0.25, 0.3) is 0 Å². The minimum atomic E-state index is 0.644. The van der Waals surface area contributed by atoms with Gasteiger partial charge in [0, 0.05) is 88.8 Å². The van der Waals surface area contributed by atoms with E-state index in [1.165, 1.54) is 133 Å². The summed E-state index contributed by atoms with van der Waals surface area (Å²) in [4.78, 5) is 35.8. The summed E-state index contributed by atoms with van der Waals surface area (Å²) in [6, 6.07) is 143. The highest BCUT2D eigenvalue weighted by atomic mass is 15.2. The van der Waals surface area contributed by atoms with Crippen LogP contribution in [0, 0.1) is 20.8 Å². The van der Waals surface area contributed by atoms with Crippen LogP contribution in [-0.4, -0.2) is 48.6 Å². The molecule has 23 aromatic rings. The first-order valence-corrected chi connectivity index (χ1v) is 42.9. The van der Waals surface area contributed by atoms with Crippen molar-refractivity contribution in [3.05, 3.63) is 424 Å². The lowest BCUT2D eigenvalue weighted by atomic mass is 9.94. The first-order chi connectivity index (χ1) is 62.3. The van der Waals surface area contributed by atoms with Gasteiger partial charge in [0.1, 0.15) is 5.69 Å². The van der Waals surface area contributed by atoms with Crippen LogP contribution >= 0.6 is 0 Å². The minimum absolute atomic E-state index is 0.644. The Bertz CT molecular complexity index is 8370. The summed E-state index contributed by atoms with van der Waals surface area (Å²) >= 11 is 0. The van der Waals surface area contributed by atoms with E-state index < -0.39 is 0 Å². The maximum absolute atomic E-state index is 5.25. The highest BCUT2D eigenvalue weighted by Gasteiger charge is 2.33. The van der Waals surface area contributed by atoms with E-state index in [1.807, 2.05) is 72.8 Å². The standard InChI is InChI=1S/C46H30N4.2C35H23N3/c1-29-42-39-19-10-9-17-37(39)36-16-7-8-18-38(36)40-20-11-21-41(43(40)42)50(29)35-26-24-32(25-27-35)45-47-44(31-13-3-2-4-14-31)48-46(49-45)34-23-22-30-12-5-6-15-33(30)28-34;1-22-32-27-17-8-7-15-25(27)24-14-5-6-16-26(24)28-18-11-21-31(33(28)32)38(22)35-34(23-12-3-2-4-13-23)36-29-19-9-10-20-30(29)37-35;1-22-32-27-17-8-7-15-25(27)24-14-5-6-16-26(24)28-19-11-21-31(33(28)32)38(22)35-36-30-20-10-9-18-29(30)34(37-35)23-12-3-2-4-13-23/h2-28H,1H3;2*2-21H,1H3. The van der Waals surface area contributed by atoms with Gasteiger partial charge in [-0.15, -0.1) is 0 Å². The van der Waals surface area contributed by atoms with Gasteiger partial charge in [0.2, 0.25) is 5.95 Å². The number of hydrogen-bond acceptors (Lipinski definition) is 7. The quantitative estimate of drug-likeness (QED) is 0.149. The zero-order valence-electron chi connectivity index (χ0n) is 69.2. The molecular weight excluding hydrogens is 1530 g/mol. The summed E-state index contributed by atoms with van der Waals surface area (Å²) in [6.45, 7) is 6.66. The van der Waals surface area contributed by atoms with Crippen LogP contribution in [0.2, 0.25) is 0 Å². The molecular formula is C116H76N10. The Hall–Kier alpha value is -16.7. The number of para-hydroxylation sites is 3. The third-order valence-electron chi connectivity index (χ3n) is 25.5. The van der Waals surface area contributed by atoms with Crippen LogP contribution in [0.4, 0.5) is 0 Å². The van der Waals surface area contributed by atoms with Gasteiger partial charge in [-0.25, -0.2) is 34.9 Å². The highest BCUT2D eigenvalue weighted by molar-refractivity contribution is 6.18. The van der Waals surface area contributed by atoms with E-state index in [9.17, 15) is 0 Å². The van der Waals surface area contributed by atoms with Crippen molar-refractivity contribution < 1.29 is 0 Å². The van der Waals surface area contributed by atoms with E-state index in [0.717, 1.165) is 100 Å². The molecule has 10 nitrogen and oxygen atoms in total. The Labute approximate surface area is 727 Å². The number of fused-ring (bicyclic) bond motifs is 18. The van der Waals surface area contributed by atoms with Gasteiger partial charge in [-0.1, -0.05) is 340 Å². The Balaban J connectivity index is 0.000000107. The number of benzene rings is 17. The SMILES string of the molecule is Cc1c2c3c(cccc3n1-c1ccc(-c3nc(-c4ccccc4)nc(-c4ccc5ccccc5c4)n3)cc1)-c1ccccc1-c1ccccc1-2.Cc1c2c3c(cccc3n1-c1nc(-c3ccccc3)c3ccccc3n1)-c1ccccc1-c1ccccc1-2.Cc1c2c3c(cccc3n1-c1nc3ccccc3nc1-c1ccccc1)-c1ccccc1-c1ccccc1-2. The first-order valence-electron chi connectivity index (χ1n) is 42.9. The normalized spacial score (nSPS) is 11.8. The molecule has 3 aliphatic carbocycles. The van der Waals surface area contributed by atoms with Crippen LogP contribution in [-0.2, 0) is 0 Å². The second-order valence-electron chi connectivity index (χ2n) is 32.5. The monoisotopic (exact) mass is 1610 g/mol. The lowest BCUT2D eigenvalue weighted by Crippen LogP contribution is -2.05. The van der Waals surface area contributed by atoms with Crippen LogP contribution in [0.25, 0.3) is 240 Å². The molecule has 0 bridgehead atoms. The van der Waals surface area contributed by atoms with E-state index in [4.69, 9.17) is 34.9 Å². The third-order valence-corrected chi connectivity index (χ3v) is 25.5. The molecule has 26 rings (SSSR count). The smallest absolute Gasteiger partial charge is 0.235 e. The van der Waals surface area contributed by atoms with Gasteiger partial charge in [-0.3, -0.25) is 9.13 Å². The zero-order chi connectivity index (χ0) is 83.6. The number of rotatable bonds is 8. The second-order valence-corrected chi connectivity index (χ2v) is 32.5. The van der Waals surface area contributed by atoms with Crippen molar-refractivity contribution >= 4 is 65.4 Å². The molecule has 0 fully saturated rings. The molecule has 6 aromatic heterocycles. The molecule has 126 heavy (non-hydrogen) atoms. The maximum Gasteiger partial charge on any atom is 0.235 e. The van der Waals surface area contributed by atoms with Gasteiger partial charge in [0.05, 0.1) is 38.8 Å². The van der Waals surface area contributed by atoms with Crippen molar-refractivity contribution in [2.24, 2.45) is 0 Å². The van der Waals surface area contributed by atoms with Crippen LogP contribution in [0.15, 0.2) is 406 Å². The summed E-state index contributed by atoms with van der Waals surface area (Å²) < 4.78 is 6.96. The van der Waals surface area contributed by atoms with Gasteiger partial charge in [0.15, 0.2) is 23.3 Å². The summed E-state index contributed by atoms with van der Waals surface area (Å²) in [5.74, 6) is 3.50. The van der Waals surface area contributed by atoms with E-state index in [-0.39, 0.29) is 0 Å². The molecule has 10 heteroatoms. The summed E-state index contributed by atoms with van der Waals surface area (Å²) in [5, 5.41) is 7.19. The topological polar surface area (TPSA) is 105 Å². The Kier molecular flexibility index (Phi) is 17.4. The molecule has 6 heterocycles. The molecule has 0 atom stereocenters. The number of nitrogens with zero attached hydrogens (tertiary/aromatic N) is 10. The minimum Gasteiger partial charge on any atom is -0.313 e. The molecule has 0 spiro atoms. The molecule has 3 aliphatic rings. The third kappa shape index (κ3) is 11.9. The van der Waals surface area contributed by atoms with Gasteiger partial charge >= 0.3 is 0 Å². The van der Waals surface area contributed by atoms with Crippen molar-refractivity contribution in [1.29, 1.82) is 0 Å². The van der Waals surface area contributed by atoms with E-state index in [2.05, 4.69) is 368 Å². The van der Waals surface area contributed by atoms with Crippen molar-refractivity contribution in [2.75, 3.05) is 0 Å². The van der Waals surface area contributed by atoms with Crippen LogP contribution < -0.4 is 0 Å². The maximum atomic E-state index is 5.25. The summed E-state index contributed by atoms with van der Waals surface area (Å²) in [5.41, 5.74) is 40.3. The Morgan fingerprint density at radius 3 is 1.02 bits per heavy atom. The van der Waals surface area contributed by atoms with E-state index in [0.29, 0.717) is 23.4 Å². The molecule has 0 aliphatic heterocycles. The summed E-state index contributed by atoms with van der Waals surface area (Å²) in [6.07, 6.45) is 0. The molecule has 0 unspecified atom stereocenters. The Morgan fingerprint density at radius 2 is 0.532 bits per heavy atom. The van der Waals surface area contributed by atoms with E-state index >= 15 is 0 Å². The van der Waals surface area contributed by atoms with Crippen LogP contribution in [0.1, 0.15) is 17.1 Å². The second kappa shape index (κ2) is 29.9. The fourth-order valence-corrected chi connectivity index (χ4v) is 19.9. The van der Waals surface area contributed by atoms with Gasteiger partial charge in [-0.2, -0.15) is 0 Å².